The molecule has 4 N–H and O–H groups in total. The molecule has 2 aromatic rings. The van der Waals surface area contributed by atoms with Gasteiger partial charge in [-0.2, -0.15) is 0 Å². The fourth-order valence-corrected chi connectivity index (χ4v) is 2.36. The Morgan fingerprint density at radius 2 is 1.67 bits per heavy atom. The van der Waals surface area contributed by atoms with E-state index in [9.17, 15) is 24.5 Å². The van der Waals surface area contributed by atoms with Gasteiger partial charge in [0.25, 0.3) is 11.6 Å². The summed E-state index contributed by atoms with van der Waals surface area (Å²) in [4.78, 5) is 45.2. The van der Waals surface area contributed by atoms with Crippen molar-refractivity contribution in [3.05, 3.63) is 69.8 Å². The van der Waals surface area contributed by atoms with Crippen LogP contribution < -0.4 is 16.4 Å². The molecular weight excluding hydrogens is 352 g/mol. The molecule has 9 heteroatoms. The zero-order valence-electron chi connectivity index (χ0n) is 14.5. The number of non-ortho nitro benzene ring substituents is 1. The number of hydrogen-bond donors (Lipinski definition) is 3. The quantitative estimate of drug-likeness (QED) is 0.498. The zero-order valence-corrected chi connectivity index (χ0v) is 14.5. The molecule has 0 saturated carbocycles. The van der Waals surface area contributed by atoms with Crippen LogP contribution in [0.25, 0.3) is 0 Å². The van der Waals surface area contributed by atoms with E-state index in [1.54, 1.807) is 12.1 Å². The molecule has 0 fully saturated rings. The fraction of sp³-hybridized carbons (Fsp3) is 0.167. The largest absolute Gasteiger partial charge is 0.368 e. The second kappa shape index (κ2) is 8.56. The maximum atomic E-state index is 12.3. The lowest BCUT2D eigenvalue weighted by Crippen LogP contribution is -2.45. The van der Waals surface area contributed by atoms with Crippen molar-refractivity contribution in [1.29, 1.82) is 0 Å². The highest BCUT2D eigenvalue weighted by molar-refractivity contribution is 5.98. The molecule has 0 aliphatic rings. The second-order valence-electron chi connectivity index (χ2n) is 5.81. The van der Waals surface area contributed by atoms with Gasteiger partial charge in [-0.15, -0.1) is 0 Å². The molecule has 3 amide bonds. The Labute approximate surface area is 154 Å². The highest BCUT2D eigenvalue weighted by Gasteiger charge is 2.20. The zero-order chi connectivity index (χ0) is 20.0. The molecule has 0 aliphatic heterocycles. The summed E-state index contributed by atoms with van der Waals surface area (Å²) in [5, 5.41) is 15.8. The van der Waals surface area contributed by atoms with Gasteiger partial charge in [0.2, 0.25) is 11.8 Å². The van der Waals surface area contributed by atoms with Crippen molar-refractivity contribution >= 4 is 29.1 Å². The normalized spacial score (nSPS) is 11.3. The molecule has 0 unspecified atom stereocenters. The van der Waals surface area contributed by atoms with Crippen LogP contribution in [0, 0.1) is 10.1 Å². The number of rotatable bonds is 7. The summed E-state index contributed by atoms with van der Waals surface area (Å²) in [7, 11) is 0. The van der Waals surface area contributed by atoms with Crippen molar-refractivity contribution in [2.24, 2.45) is 5.73 Å². The molecule has 0 saturated heterocycles. The third-order valence-corrected chi connectivity index (χ3v) is 3.70. The second-order valence-corrected chi connectivity index (χ2v) is 5.81. The highest BCUT2D eigenvalue weighted by Crippen LogP contribution is 2.14. The standard InChI is InChI=1S/C18H18N4O5/c1-11(23)20-14-6-4-13(5-7-14)18(25)21-16(17(19)24)10-12-2-8-15(9-3-12)22(26)27/h2-9,16H,10H2,1H3,(H2,19,24)(H,20,23)(H,21,25)/t16-/m0/s1. The molecule has 2 aromatic carbocycles. The molecule has 27 heavy (non-hydrogen) atoms. The molecule has 0 radical (unpaired) electrons. The van der Waals surface area contributed by atoms with Crippen molar-refractivity contribution in [3.63, 3.8) is 0 Å². The van der Waals surface area contributed by atoms with Crippen LogP contribution in [-0.2, 0) is 16.0 Å². The van der Waals surface area contributed by atoms with Crippen LogP contribution in [0.4, 0.5) is 11.4 Å². The fourth-order valence-electron chi connectivity index (χ4n) is 2.36. The minimum atomic E-state index is -0.978. The van der Waals surface area contributed by atoms with E-state index in [1.165, 1.54) is 43.3 Å². The number of anilines is 1. The SMILES string of the molecule is CC(=O)Nc1ccc(C(=O)N[C@@H](Cc2ccc([N+](=O)[O-])cc2)C(N)=O)cc1. The summed E-state index contributed by atoms with van der Waals surface area (Å²) in [6.07, 6.45) is 0.100. The number of benzene rings is 2. The van der Waals surface area contributed by atoms with Crippen LogP contribution in [-0.4, -0.2) is 28.7 Å². The minimum absolute atomic E-state index is 0.0716. The van der Waals surface area contributed by atoms with E-state index >= 15 is 0 Å². The maximum Gasteiger partial charge on any atom is 0.269 e. The van der Waals surface area contributed by atoms with Crippen molar-refractivity contribution in [2.75, 3.05) is 5.32 Å². The van der Waals surface area contributed by atoms with Crippen LogP contribution in [0.1, 0.15) is 22.8 Å². The molecule has 0 aliphatic carbocycles. The van der Waals surface area contributed by atoms with Crippen LogP contribution in [0.5, 0.6) is 0 Å². The van der Waals surface area contributed by atoms with E-state index in [4.69, 9.17) is 5.73 Å². The number of nitro benzene ring substituents is 1. The molecule has 0 heterocycles. The molecular formula is C18H18N4O5. The lowest BCUT2D eigenvalue weighted by atomic mass is 10.0. The van der Waals surface area contributed by atoms with Crippen molar-refractivity contribution < 1.29 is 19.3 Å². The number of primary amides is 1. The van der Waals surface area contributed by atoms with Crippen LogP contribution in [0.2, 0.25) is 0 Å². The molecule has 1 atom stereocenters. The van der Waals surface area contributed by atoms with Gasteiger partial charge in [0.1, 0.15) is 6.04 Å². The van der Waals surface area contributed by atoms with Gasteiger partial charge in [-0.05, 0) is 29.8 Å². The Balaban J connectivity index is 2.06. The van der Waals surface area contributed by atoms with Gasteiger partial charge in [-0.3, -0.25) is 24.5 Å². The summed E-state index contributed by atoms with van der Waals surface area (Å²) >= 11 is 0. The number of carbonyl (C=O) groups excluding carboxylic acids is 3. The predicted molar refractivity (Wildman–Crippen MR) is 98.0 cm³/mol. The van der Waals surface area contributed by atoms with Crippen LogP contribution in [0.3, 0.4) is 0 Å². The molecule has 140 valence electrons. The van der Waals surface area contributed by atoms with Gasteiger partial charge in [0.05, 0.1) is 4.92 Å². The van der Waals surface area contributed by atoms with E-state index < -0.39 is 22.8 Å². The third-order valence-electron chi connectivity index (χ3n) is 3.70. The summed E-state index contributed by atoms with van der Waals surface area (Å²) < 4.78 is 0. The Morgan fingerprint density at radius 1 is 1.07 bits per heavy atom. The van der Waals surface area contributed by atoms with Gasteiger partial charge >= 0.3 is 0 Å². The number of nitrogens with one attached hydrogen (secondary N) is 2. The Bertz CT molecular complexity index is 862. The van der Waals surface area contributed by atoms with Gasteiger partial charge in [0.15, 0.2) is 0 Å². The van der Waals surface area contributed by atoms with E-state index in [2.05, 4.69) is 10.6 Å². The summed E-state index contributed by atoms with van der Waals surface area (Å²) in [6, 6.07) is 10.8. The number of carbonyl (C=O) groups is 3. The first-order chi connectivity index (χ1) is 12.8. The van der Waals surface area contributed by atoms with Gasteiger partial charge in [-0.25, -0.2) is 0 Å². The third kappa shape index (κ3) is 5.63. The average Bonchev–Trinajstić information content (AvgIpc) is 2.61. The smallest absolute Gasteiger partial charge is 0.269 e. The molecule has 0 bridgehead atoms. The van der Waals surface area contributed by atoms with E-state index in [1.807, 2.05) is 0 Å². The number of hydrogen-bond acceptors (Lipinski definition) is 5. The van der Waals surface area contributed by atoms with Gasteiger partial charge in [-0.1, -0.05) is 12.1 Å². The van der Waals surface area contributed by atoms with Crippen LogP contribution in [0.15, 0.2) is 48.5 Å². The number of nitro groups is 1. The minimum Gasteiger partial charge on any atom is -0.368 e. The predicted octanol–water partition coefficient (Wildman–Crippen LogP) is 1.38. The Morgan fingerprint density at radius 3 is 2.15 bits per heavy atom. The average molecular weight is 370 g/mol. The first-order valence-corrected chi connectivity index (χ1v) is 7.97. The monoisotopic (exact) mass is 370 g/mol. The highest BCUT2D eigenvalue weighted by atomic mass is 16.6. The maximum absolute atomic E-state index is 12.3. The summed E-state index contributed by atoms with van der Waals surface area (Å²) in [5.41, 5.74) is 6.73. The van der Waals surface area contributed by atoms with E-state index in [-0.39, 0.29) is 18.0 Å². The van der Waals surface area contributed by atoms with Gasteiger partial charge in [0, 0.05) is 36.7 Å². The lowest BCUT2D eigenvalue weighted by Gasteiger charge is -2.16. The van der Waals surface area contributed by atoms with Crippen LogP contribution >= 0.6 is 0 Å². The topological polar surface area (TPSA) is 144 Å². The first kappa shape index (κ1) is 19.6. The Hall–Kier alpha value is -3.75. The first-order valence-electron chi connectivity index (χ1n) is 7.97. The van der Waals surface area contributed by atoms with Crippen molar-refractivity contribution in [2.45, 2.75) is 19.4 Å². The van der Waals surface area contributed by atoms with E-state index in [0.29, 0.717) is 16.8 Å². The number of nitrogens with zero attached hydrogens (tertiary/aromatic N) is 1. The molecule has 9 nitrogen and oxygen atoms in total. The number of amides is 3. The summed E-state index contributed by atoms with van der Waals surface area (Å²) in [6.45, 7) is 1.37. The summed E-state index contributed by atoms with van der Waals surface area (Å²) in [5.74, 6) is -1.46. The van der Waals surface area contributed by atoms with Gasteiger partial charge < -0.3 is 16.4 Å². The van der Waals surface area contributed by atoms with Crippen molar-refractivity contribution in [1.82, 2.24) is 5.32 Å². The molecule has 0 aromatic heterocycles. The molecule has 2 rings (SSSR count). The van der Waals surface area contributed by atoms with E-state index in [0.717, 1.165) is 0 Å². The number of nitrogens with two attached hydrogens (primary N) is 1. The molecule has 0 spiro atoms. The lowest BCUT2D eigenvalue weighted by molar-refractivity contribution is -0.384. The van der Waals surface area contributed by atoms with Crippen molar-refractivity contribution in [3.8, 4) is 0 Å². The Kier molecular flexibility index (Phi) is 6.21.